The third kappa shape index (κ3) is 4.14. The summed E-state index contributed by atoms with van der Waals surface area (Å²) in [5, 5.41) is 30.9. The number of nitrogens with one attached hydrogen (secondary N) is 1. The molecule has 0 aliphatic carbocycles. The molecule has 17 heavy (non-hydrogen) atoms. The van der Waals surface area contributed by atoms with Gasteiger partial charge in [0.25, 0.3) is 0 Å². The van der Waals surface area contributed by atoms with E-state index in [0.29, 0.717) is 11.1 Å². The van der Waals surface area contributed by atoms with Gasteiger partial charge >= 0.3 is 5.97 Å². The van der Waals surface area contributed by atoms with Gasteiger partial charge in [0.1, 0.15) is 6.10 Å². The number of carbonyl (C=O) groups is 1. The molecular formula is C12H17NO4. The van der Waals surface area contributed by atoms with Crippen LogP contribution in [0.25, 0.3) is 0 Å². The number of hydrogen-bond donors (Lipinski definition) is 4. The minimum Gasteiger partial charge on any atom is -0.481 e. The Morgan fingerprint density at radius 2 is 2.12 bits per heavy atom. The highest BCUT2D eigenvalue weighted by Crippen LogP contribution is 2.18. The number of rotatable bonds is 6. The van der Waals surface area contributed by atoms with Crippen molar-refractivity contribution in [3.8, 4) is 0 Å². The zero-order valence-corrected chi connectivity index (χ0v) is 9.63. The Balaban J connectivity index is 2.79. The van der Waals surface area contributed by atoms with Crippen LogP contribution in [0.15, 0.2) is 24.3 Å². The first-order valence-corrected chi connectivity index (χ1v) is 5.36. The maximum atomic E-state index is 10.6. The van der Waals surface area contributed by atoms with Crippen LogP contribution < -0.4 is 5.32 Å². The van der Waals surface area contributed by atoms with E-state index < -0.39 is 18.2 Å². The molecule has 1 aromatic rings. The first-order valence-electron chi connectivity index (χ1n) is 5.36. The van der Waals surface area contributed by atoms with Crippen molar-refractivity contribution in [2.75, 3.05) is 13.6 Å². The van der Waals surface area contributed by atoms with Gasteiger partial charge in [0.15, 0.2) is 0 Å². The summed E-state index contributed by atoms with van der Waals surface area (Å²) in [6.45, 7) is 0.268. The highest BCUT2D eigenvalue weighted by molar-refractivity contribution is 5.70. The minimum absolute atomic E-state index is 0.0946. The molecule has 0 saturated heterocycles. The summed E-state index contributed by atoms with van der Waals surface area (Å²) >= 11 is 0. The van der Waals surface area contributed by atoms with E-state index in [9.17, 15) is 15.0 Å². The maximum absolute atomic E-state index is 10.6. The third-order valence-electron chi connectivity index (χ3n) is 2.43. The van der Waals surface area contributed by atoms with Crippen molar-refractivity contribution in [2.24, 2.45) is 0 Å². The van der Waals surface area contributed by atoms with Gasteiger partial charge in [-0.2, -0.15) is 0 Å². The van der Waals surface area contributed by atoms with Gasteiger partial charge in [-0.15, -0.1) is 0 Å². The normalized spacial score (nSPS) is 14.3. The predicted octanol–water partition coefficient (Wildman–Crippen LogP) is -0.0726. The molecule has 0 bridgehead atoms. The number of aliphatic hydroxyl groups excluding tert-OH is 2. The minimum atomic E-state index is -1.02. The Kier molecular flexibility index (Phi) is 5.09. The average Bonchev–Trinajstić information content (AvgIpc) is 2.28. The topological polar surface area (TPSA) is 89.8 Å². The molecule has 5 nitrogen and oxygen atoms in total. The van der Waals surface area contributed by atoms with Gasteiger partial charge in [0.05, 0.1) is 12.5 Å². The van der Waals surface area contributed by atoms with Gasteiger partial charge in [-0.25, -0.2) is 0 Å². The molecule has 0 aromatic heterocycles. The number of hydrogen-bond acceptors (Lipinski definition) is 4. The molecule has 0 heterocycles. The molecule has 4 N–H and O–H groups in total. The molecule has 1 aromatic carbocycles. The third-order valence-corrected chi connectivity index (χ3v) is 2.43. The number of aliphatic carboxylic acids is 1. The van der Waals surface area contributed by atoms with Crippen molar-refractivity contribution in [3.05, 3.63) is 35.4 Å². The summed E-state index contributed by atoms with van der Waals surface area (Å²) in [7, 11) is 1.68. The number of carboxylic acids is 1. The van der Waals surface area contributed by atoms with Crippen molar-refractivity contribution in [3.63, 3.8) is 0 Å². The Morgan fingerprint density at radius 3 is 2.71 bits per heavy atom. The summed E-state index contributed by atoms with van der Waals surface area (Å²) < 4.78 is 0. The number of aliphatic hydroxyl groups is 2. The van der Waals surface area contributed by atoms with Crippen LogP contribution >= 0.6 is 0 Å². The smallest absolute Gasteiger partial charge is 0.307 e. The van der Waals surface area contributed by atoms with E-state index in [4.69, 9.17) is 5.11 Å². The SMILES string of the molecule is CNCC(O)C(O)c1cccc(CC(=O)O)c1. The van der Waals surface area contributed by atoms with E-state index >= 15 is 0 Å². The monoisotopic (exact) mass is 239 g/mol. The molecule has 94 valence electrons. The van der Waals surface area contributed by atoms with E-state index in [1.807, 2.05) is 0 Å². The van der Waals surface area contributed by atoms with E-state index in [0.717, 1.165) is 0 Å². The van der Waals surface area contributed by atoms with Crippen molar-refractivity contribution < 1.29 is 20.1 Å². The van der Waals surface area contributed by atoms with Gasteiger partial charge in [-0.3, -0.25) is 4.79 Å². The van der Waals surface area contributed by atoms with Crippen LogP contribution in [0.4, 0.5) is 0 Å². The zero-order chi connectivity index (χ0) is 12.8. The summed E-state index contributed by atoms with van der Waals surface area (Å²) in [5.41, 5.74) is 1.12. The summed E-state index contributed by atoms with van der Waals surface area (Å²) in [5.74, 6) is -0.924. The van der Waals surface area contributed by atoms with Crippen LogP contribution in [0.1, 0.15) is 17.2 Å². The molecule has 0 radical (unpaired) electrons. The fourth-order valence-corrected chi connectivity index (χ4v) is 1.60. The molecule has 5 heteroatoms. The average molecular weight is 239 g/mol. The second kappa shape index (κ2) is 6.34. The Morgan fingerprint density at radius 1 is 1.41 bits per heavy atom. The zero-order valence-electron chi connectivity index (χ0n) is 9.63. The van der Waals surface area contributed by atoms with E-state index in [1.165, 1.54) is 0 Å². The van der Waals surface area contributed by atoms with Crippen molar-refractivity contribution >= 4 is 5.97 Å². The lowest BCUT2D eigenvalue weighted by atomic mass is 10.0. The first kappa shape index (κ1) is 13.6. The fourth-order valence-electron chi connectivity index (χ4n) is 1.60. The highest BCUT2D eigenvalue weighted by Gasteiger charge is 2.17. The molecule has 0 spiro atoms. The molecule has 0 amide bonds. The molecule has 2 unspecified atom stereocenters. The van der Waals surface area contributed by atoms with Crippen LogP contribution in [0.2, 0.25) is 0 Å². The van der Waals surface area contributed by atoms with Crippen LogP contribution in [-0.2, 0) is 11.2 Å². The van der Waals surface area contributed by atoms with Crippen molar-refractivity contribution in [1.82, 2.24) is 5.32 Å². The van der Waals surface area contributed by atoms with Crippen LogP contribution in [-0.4, -0.2) is 41.0 Å². The molecule has 0 aliphatic heterocycles. The van der Waals surface area contributed by atoms with Gasteiger partial charge in [-0.05, 0) is 18.2 Å². The van der Waals surface area contributed by atoms with E-state index in [2.05, 4.69) is 5.32 Å². The lowest BCUT2D eigenvalue weighted by Crippen LogP contribution is -2.29. The summed E-state index contributed by atoms with van der Waals surface area (Å²) in [6, 6.07) is 6.60. The number of benzene rings is 1. The second-order valence-electron chi connectivity index (χ2n) is 3.89. The summed E-state index contributed by atoms with van der Waals surface area (Å²) in [6.07, 6.45) is -2.03. The molecule has 0 saturated carbocycles. The van der Waals surface area contributed by atoms with Crippen molar-refractivity contribution in [2.45, 2.75) is 18.6 Å². The number of likely N-dealkylation sites (N-methyl/N-ethyl adjacent to an activating group) is 1. The number of carboxylic acid groups (broad SMARTS) is 1. The van der Waals surface area contributed by atoms with Crippen molar-refractivity contribution in [1.29, 1.82) is 0 Å². The quantitative estimate of drug-likeness (QED) is 0.558. The largest absolute Gasteiger partial charge is 0.481 e. The van der Waals surface area contributed by atoms with Gasteiger partial charge in [-0.1, -0.05) is 24.3 Å². The van der Waals surface area contributed by atoms with Crippen LogP contribution in [0, 0.1) is 0 Å². The first-order chi connectivity index (χ1) is 8.04. The molecular weight excluding hydrogens is 222 g/mol. The highest BCUT2D eigenvalue weighted by atomic mass is 16.4. The van der Waals surface area contributed by atoms with E-state index in [-0.39, 0.29) is 13.0 Å². The Hall–Kier alpha value is -1.43. The van der Waals surface area contributed by atoms with Gasteiger partial charge in [0.2, 0.25) is 0 Å². The Labute approximate surface area is 99.7 Å². The molecule has 1 rings (SSSR count). The Bertz CT molecular complexity index is 381. The summed E-state index contributed by atoms with van der Waals surface area (Å²) in [4.78, 5) is 10.6. The molecule has 0 fully saturated rings. The predicted molar refractivity (Wildman–Crippen MR) is 62.7 cm³/mol. The lowest BCUT2D eigenvalue weighted by Gasteiger charge is -2.18. The van der Waals surface area contributed by atoms with Gasteiger partial charge < -0.3 is 20.6 Å². The van der Waals surface area contributed by atoms with Gasteiger partial charge in [0, 0.05) is 6.54 Å². The van der Waals surface area contributed by atoms with Crippen LogP contribution in [0.5, 0.6) is 0 Å². The van der Waals surface area contributed by atoms with E-state index in [1.54, 1.807) is 31.3 Å². The standard InChI is InChI=1S/C12H17NO4/c1-13-7-10(14)12(17)9-4-2-3-8(5-9)6-11(15)16/h2-5,10,12-14,17H,6-7H2,1H3,(H,15,16). The maximum Gasteiger partial charge on any atom is 0.307 e. The fraction of sp³-hybridized carbons (Fsp3) is 0.417. The lowest BCUT2D eigenvalue weighted by molar-refractivity contribution is -0.136. The second-order valence-corrected chi connectivity index (χ2v) is 3.89. The van der Waals surface area contributed by atoms with Crippen LogP contribution in [0.3, 0.4) is 0 Å². The molecule has 0 aliphatic rings. The molecule has 2 atom stereocenters.